The number of amides is 1. The van der Waals surface area contributed by atoms with Crippen molar-refractivity contribution in [1.29, 1.82) is 0 Å². The number of unbranched alkanes of at least 4 members (excludes halogenated alkanes) is 2. The number of likely N-dealkylation sites (N-methyl/N-ethyl adjacent to an activating group) is 1. The molecule has 0 spiro atoms. The maximum absolute atomic E-state index is 12.5. The fraction of sp³-hybridized carbons (Fsp3) is 0.588. The molecular weight excluding hydrogens is 468 g/mol. The van der Waals surface area contributed by atoms with Crippen LogP contribution >= 0.6 is 0 Å². The standard InChI is InChI=1S/C34H56N2O2/c1-5-7-9-11-13-15-17-19-21-23-25-27-33(37)30-29-32(31-36(3)4)35-34(38)28-26-24-22-20-18-16-14-12-10-8-6-2/h7-10,13-16,19-22,32H,5-6,11-12,17-18,23-31H2,1-4H3,(H,35,38)/b9-7-,10-8-,15-13-,16-14-,21-19-,22-20-. The van der Waals surface area contributed by atoms with Gasteiger partial charge in [-0.3, -0.25) is 9.59 Å². The molecule has 0 aromatic carbocycles. The number of rotatable bonds is 24. The molecule has 0 aliphatic heterocycles. The van der Waals surface area contributed by atoms with E-state index in [0.29, 0.717) is 31.5 Å². The van der Waals surface area contributed by atoms with Gasteiger partial charge < -0.3 is 10.2 Å². The Morgan fingerprint density at radius 2 is 1.08 bits per heavy atom. The van der Waals surface area contributed by atoms with Crippen LogP contribution in [-0.2, 0) is 9.59 Å². The average molecular weight is 525 g/mol. The van der Waals surface area contributed by atoms with Gasteiger partial charge >= 0.3 is 0 Å². The zero-order valence-corrected chi connectivity index (χ0v) is 24.9. The highest BCUT2D eigenvalue weighted by molar-refractivity contribution is 5.79. The molecule has 0 aliphatic rings. The van der Waals surface area contributed by atoms with E-state index < -0.39 is 0 Å². The quantitative estimate of drug-likeness (QED) is 0.102. The number of carbonyl (C=O) groups is 2. The first-order valence-electron chi connectivity index (χ1n) is 14.8. The predicted molar refractivity (Wildman–Crippen MR) is 166 cm³/mol. The zero-order valence-electron chi connectivity index (χ0n) is 24.9. The van der Waals surface area contributed by atoms with Crippen molar-refractivity contribution in [2.45, 2.75) is 110 Å². The topological polar surface area (TPSA) is 49.4 Å². The number of allylic oxidation sites excluding steroid dienone is 12. The van der Waals surface area contributed by atoms with E-state index in [1.807, 2.05) is 14.1 Å². The molecule has 1 atom stereocenters. The van der Waals surface area contributed by atoms with Crippen LogP contribution in [0, 0.1) is 0 Å². The van der Waals surface area contributed by atoms with Gasteiger partial charge in [0.15, 0.2) is 0 Å². The Bertz CT molecular complexity index is 756. The normalized spacial score (nSPS) is 13.5. The highest BCUT2D eigenvalue weighted by Gasteiger charge is 2.15. The summed E-state index contributed by atoms with van der Waals surface area (Å²) < 4.78 is 0. The summed E-state index contributed by atoms with van der Waals surface area (Å²) in [6, 6.07) is 0.0164. The highest BCUT2D eigenvalue weighted by Crippen LogP contribution is 2.07. The molecular formula is C34H56N2O2. The molecule has 0 fully saturated rings. The van der Waals surface area contributed by atoms with E-state index in [2.05, 4.69) is 97.0 Å². The lowest BCUT2D eigenvalue weighted by atomic mass is 10.0. The largest absolute Gasteiger partial charge is 0.352 e. The molecule has 0 radical (unpaired) electrons. The summed E-state index contributed by atoms with van der Waals surface area (Å²) in [4.78, 5) is 26.9. The van der Waals surface area contributed by atoms with Crippen molar-refractivity contribution in [2.75, 3.05) is 20.6 Å². The minimum absolute atomic E-state index is 0.0164. The first kappa shape index (κ1) is 35.5. The van der Waals surface area contributed by atoms with Crippen LogP contribution < -0.4 is 5.32 Å². The van der Waals surface area contributed by atoms with Crippen LogP contribution in [0.15, 0.2) is 72.9 Å². The monoisotopic (exact) mass is 524 g/mol. The lowest BCUT2D eigenvalue weighted by molar-refractivity contribution is -0.123. The second-order valence-electron chi connectivity index (χ2n) is 9.98. The fourth-order valence-electron chi connectivity index (χ4n) is 3.86. The number of hydrogen-bond donors (Lipinski definition) is 1. The van der Waals surface area contributed by atoms with E-state index in [0.717, 1.165) is 70.8 Å². The first-order chi connectivity index (χ1) is 18.5. The van der Waals surface area contributed by atoms with Gasteiger partial charge in [-0.05, 0) is 84.7 Å². The van der Waals surface area contributed by atoms with Crippen LogP contribution in [0.3, 0.4) is 0 Å². The maximum atomic E-state index is 12.5. The van der Waals surface area contributed by atoms with Gasteiger partial charge in [-0.2, -0.15) is 0 Å². The predicted octanol–water partition coefficient (Wildman–Crippen LogP) is 8.44. The van der Waals surface area contributed by atoms with Crippen molar-refractivity contribution in [3.63, 3.8) is 0 Å². The van der Waals surface area contributed by atoms with Crippen molar-refractivity contribution in [1.82, 2.24) is 10.2 Å². The number of nitrogens with zero attached hydrogens (tertiary/aromatic N) is 1. The van der Waals surface area contributed by atoms with Gasteiger partial charge in [0.1, 0.15) is 5.78 Å². The van der Waals surface area contributed by atoms with Crippen LogP contribution in [0.25, 0.3) is 0 Å². The molecule has 0 saturated heterocycles. The molecule has 0 aromatic heterocycles. The van der Waals surface area contributed by atoms with Gasteiger partial charge in [-0.15, -0.1) is 0 Å². The summed E-state index contributed by atoms with van der Waals surface area (Å²) in [6.07, 6.45) is 38.2. The van der Waals surface area contributed by atoms with E-state index in [-0.39, 0.29) is 11.9 Å². The van der Waals surface area contributed by atoms with Crippen LogP contribution in [-0.4, -0.2) is 43.3 Å². The molecule has 214 valence electrons. The molecule has 38 heavy (non-hydrogen) atoms. The number of nitrogens with one attached hydrogen (secondary N) is 1. The van der Waals surface area contributed by atoms with Crippen molar-refractivity contribution >= 4 is 11.7 Å². The Labute approximate surface area is 234 Å². The molecule has 0 rings (SSSR count). The third-order valence-electron chi connectivity index (χ3n) is 5.88. The van der Waals surface area contributed by atoms with Gasteiger partial charge in [0, 0.05) is 31.8 Å². The lowest BCUT2D eigenvalue weighted by Crippen LogP contribution is -2.41. The minimum Gasteiger partial charge on any atom is -0.352 e. The van der Waals surface area contributed by atoms with E-state index in [1.165, 1.54) is 0 Å². The summed E-state index contributed by atoms with van der Waals surface area (Å²) in [7, 11) is 4.01. The van der Waals surface area contributed by atoms with E-state index in [9.17, 15) is 9.59 Å². The number of hydrogen-bond acceptors (Lipinski definition) is 3. The number of Topliss-reactive ketones (excluding diaryl/α,β-unsaturated/α-hetero) is 1. The summed E-state index contributed by atoms with van der Waals surface area (Å²) >= 11 is 0. The van der Waals surface area contributed by atoms with Gasteiger partial charge in [0.2, 0.25) is 5.91 Å². The summed E-state index contributed by atoms with van der Waals surface area (Å²) in [5.41, 5.74) is 0. The van der Waals surface area contributed by atoms with Crippen molar-refractivity contribution in [3.05, 3.63) is 72.9 Å². The molecule has 1 amide bonds. The Hall–Kier alpha value is -2.46. The van der Waals surface area contributed by atoms with Gasteiger partial charge in [-0.1, -0.05) is 86.8 Å². The molecule has 1 unspecified atom stereocenters. The van der Waals surface area contributed by atoms with Crippen LogP contribution in [0.2, 0.25) is 0 Å². The zero-order chi connectivity index (χ0) is 28.1. The van der Waals surface area contributed by atoms with Gasteiger partial charge in [0.05, 0.1) is 0 Å². The Balaban J connectivity index is 4.08. The molecule has 4 nitrogen and oxygen atoms in total. The number of carbonyl (C=O) groups excluding carboxylic acids is 2. The van der Waals surface area contributed by atoms with Crippen molar-refractivity contribution in [2.24, 2.45) is 0 Å². The number of ketones is 1. The molecule has 0 saturated carbocycles. The lowest BCUT2D eigenvalue weighted by Gasteiger charge is -2.22. The Kier molecular flexibility index (Phi) is 25.8. The average Bonchev–Trinajstić information content (AvgIpc) is 2.88. The second-order valence-corrected chi connectivity index (χ2v) is 9.98. The summed E-state index contributed by atoms with van der Waals surface area (Å²) in [5.74, 6) is 0.375. The van der Waals surface area contributed by atoms with Crippen molar-refractivity contribution in [3.8, 4) is 0 Å². The van der Waals surface area contributed by atoms with Crippen LogP contribution in [0.5, 0.6) is 0 Å². The van der Waals surface area contributed by atoms with Gasteiger partial charge in [0.25, 0.3) is 0 Å². The first-order valence-corrected chi connectivity index (χ1v) is 14.8. The van der Waals surface area contributed by atoms with E-state index in [4.69, 9.17) is 0 Å². The van der Waals surface area contributed by atoms with Gasteiger partial charge in [-0.25, -0.2) is 0 Å². The Morgan fingerprint density at radius 1 is 0.632 bits per heavy atom. The smallest absolute Gasteiger partial charge is 0.220 e. The SMILES string of the molecule is CC/C=C\C/C=C\C/C=C\CCCC(=O)CCC(CN(C)C)NC(=O)CCC/C=C\C/C=C\C/C=C\CC. The highest BCUT2D eigenvalue weighted by atomic mass is 16.1. The fourth-order valence-corrected chi connectivity index (χ4v) is 3.86. The summed E-state index contributed by atoms with van der Waals surface area (Å²) in [6.45, 7) is 5.04. The summed E-state index contributed by atoms with van der Waals surface area (Å²) in [5, 5.41) is 3.15. The maximum Gasteiger partial charge on any atom is 0.220 e. The van der Waals surface area contributed by atoms with E-state index >= 15 is 0 Å². The molecule has 0 heterocycles. The molecule has 4 heteroatoms. The minimum atomic E-state index is 0.0164. The van der Waals surface area contributed by atoms with Crippen LogP contribution in [0.4, 0.5) is 0 Å². The third-order valence-corrected chi connectivity index (χ3v) is 5.88. The molecule has 1 N–H and O–H groups in total. The second kappa shape index (κ2) is 27.6. The van der Waals surface area contributed by atoms with Crippen molar-refractivity contribution < 1.29 is 9.59 Å². The Morgan fingerprint density at radius 3 is 1.55 bits per heavy atom. The van der Waals surface area contributed by atoms with E-state index in [1.54, 1.807) is 0 Å². The third kappa shape index (κ3) is 26.6. The molecule has 0 aliphatic carbocycles. The molecule has 0 aromatic rings. The van der Waals surface area contributed by atoms with Crippen LogP contribution in [0.1, 0.15) is 104 Å². The molecule has 0 bridgehead atoms.